The molecule has 1 fully saturated rings. The van der Waals surface area contributed by atoms with Crippen LogP contribution in [0.1, 0.15) is 21.5 Å². The summed E-state index contributed by atoms with van der Waals surface area (Å²) in [5, 5.41) is 0.564. The van der Waals surface area contributed by atoms with Crippen LogP contribution in [0, 0.1) is 5.82 Å². The molecule has 1 saturated heterocycles. The van der Waals surface area contributed by atoms with Gasteiger partial charge in [-0.05, 0) is 47.5 Å². The van der Waals surface area contributed by atoms with Gasteiger partial charge in [0.2, 0.25) is 5.95 Å². The van der Waals surface area contributed by atoms with Crippen molar-refractivity contribution in [2.24, 2.45) is 0 Å². The molecule has 1 aliphatic heterocycles. The number of rotatable bonds is 4. The first-order valence-corrected chi connectivity index (χ1v) is 11.1. The molecule has 0 aliphatic carbocycles. The molecule has 1 aliphatic rings. The summed E-state index contributed by atoms with van der Waals surface area (Å²) in [4.78, 5) is 36.6. The Hall–Kier alpha value is -4.26. The normalized spacial score (nSPS) is 14.1. The molecule has 0 spiro atoms. The maximum atomic E-state index is 13.3. The molecule has 34 heavy (non-hydrogen) atoms. The summed E-state index contributed by atoms with van der Waals surface area (Å²) in [6.45, 7) is 2.25. The van der Waals surface area contributed by atoms with Gasteiger partial charge in [0.15, 0.2) is 0 Å². The maximum Gasteiger partial charge on any atom is 0.260 e. The molecular formula is C27H23FN4O2. The van der Waals surface area contributed by atoms with Gasteiger partial charge < -0.3 is 9.80 Å². The maximum absolute atomic E-state index is 13.3. The summed E-state index contributed by atoms with van der Waals surface area (Å²) >= 11 is 0. The minimum Gasteiger partial charge on any atom is -0.339 e. The number of halogens is 1. The van der Waals surface area contributed by atoms with Crippen LogP contribution in [-0.2, 0) is 0 Å². The zero-order valence-corrected chi connectivity index (χ0v) is 18.4. The van der Waals surface area contributed by atoms with Crippen LogP contribution in [0.2, 0.25) is 0 Å². The van der Waals surface area contributed by atoms with Crippen molar-refractivity contribution in [3.8, 4) is 0 Å². The Kier molecular flexibility index (Phi) is 5.91. The van der Waals surface area contributed by atoms with Gasteiger partial charge in [-0.15, -0.1) is 0 Å². The van der Waals surface area contributed by atoms with Crippen molar-refractivity contribution in [1.29, 1.82) is 0 Å². The fourth-order valence-electron chi connectivity index (χ4n) is 4.07. The number of aromatic amines is 1. The van der Waals surface area contributed by atoms with E-state index in [0.29, 0.717) is 48.6 Å². The molecule has 0 bridgehead atoms. The van der Waals surface area contributed by atoms with Gasteiger partial charge in [-0.1, -0.05) is 48.6 Å². The molecule has 2 heterocycles. The van der Waals surface area contributed by atoms with Crippen LogP contribution < -0.4 is 10.5 Å². The highest BCUT2D eigenvalue weighted by atomic mass is 19.1. The number of fused-ring (bicyclic) bond motifs is 1. The number of benzene rings is 3. The summed E-state index contributed by atoms with van der Waals surface area (Å²) in [5.74, 6) is 0.233. The van der Waals surface area contributed by atoms with Crippen molar-refractivity contribution in [2.45, 2.75) is 0 Å². The fraction of sp³-hybridized carbons (Fsp3) is 0.148. The van der Waals surface area contributed by atoms with Gasteiger partial charge >= 0.3 is 0 Å². The van der Waals surface area contributed by atoms with E-state index in [1.165, 1.54) is 12.1 Å². The predicted octanol–water partition coefficient (Wildman–Crippen LogP) is 4.20. The molecule has 0 atom stereocenters. The number of aromatic nitrogens is 2. The molecule has 170 valence electrons. The first kappa shape index (κ1) is 21.6. The van der Waals surface area contributed by atoms with Crippen molar-refractivity contribution in [2.75, 3.05) is 31.1 Å². The monoisotopic (exact) mass is 454 g/mol. The van der Waals surface area contributed by atoms with E-state index in [0.717, 1.165) is 11.1 Å². The van der Waals surface area contributed by atoms with Gasteiger partial charge in [-0.2, -0.15) is 0 Å². The van der Waals surface area contributed by atoms with E-state index >= 15 is 0 Å². The lowest BCUT2D eigenvalue weighted by Crippen LogP contribution is -2.49. The molecule has 1 amide bonds. The first-order valence-electron chi connectivity index (χ1n) is 11.1. The smallest absolute Gasteiger partial charge is 0.260 e. The third kappa shape index (κ3) is 4.59. The summed E-state index contributed by atoms with van der Waals surface area (Å²) in [5.41, 5.74) is 2.82. The second-order valence-electron chi connectivity index (χ2n) is 8.20. The number of nitrogens with one attached hydrogen (secondary N) is 1. The van der Waals surface area contributed by atoms with Crippen molar-refractivity contribution in [3.63, 3.8) is 0 Å². The molecule has 4 aromatic rings. The van der Waals surface area contributed by atoms with E-state index < -0.39 is 0 Å². The lowest BCUT2D eigenvalue weighted by Gasteiger charge is -2.35. The second kappa shape index (κ2) is 9.31. The van der Waals surface area contributed by atoms with Crippen molar-refractivity contribution in [1.82, 2.24) is 14.9 Å². The third-order valence-electron chi connectivity index (χ3n) is 5.94. The van der Waals surface area contributed by atoms with Crippen LogP contribution in [0.15, 0.2) is 77.6 Å². The largest absolute Gasteiger partial charge is 0.339 e. The fourth-order valence-corrected chi connectivity index (χ4v) is 4.07. The number of para-hydroxylation sites is 1. The highest BCUT2D eigenvalue weighted by molar-refractivity contribution is 5.94. The van der Waals surface area contributed by atoms with Gasteiger partial charge in [-0.3, -0.25) is 14.6 Å². The van der Waals surface area contributed by atoms with Crippen LogP contribution >= 0.6 is 0 Å². The highest BCUT2D eigenvalue weighted by Gasteiger charge is 2.23. The number of H-pyrrole nitrogens is 1. The Balaban J connectivity index is 1.22. The summed E-state index contributed by atoms with van der Waals surface area (Å²) in [7, 11) is 0. The van der Waals surface area contributed by atoms with E-state index in [2.05, 4.69) is 9.97 Å². The molecule has 0 radical (unpaired) electrons. The van der Waals surface area contributed by atoms with E-state index in [-0.39, 0.29) is 17.3 Å². The number of carbonyl (C=O) groups is 1. The van der Waals surface area contributed by atoms with E-state index in [4.69, 9.17) is 0 Å². The van der Waals surface area contributed by atoms with E-state index in [1.54, 1.807) is 12.1 Å². The minimum atomic E-state index is -0.272. The van der Waals surface area contributed by atoms with Gasteiger partial charge in [0, 0.05) is 31.7 Å². The average Bonchev–Trinajstić information content (AvgIpc) is 2.87. The standard InChI is InChI=1S/C27H23FN4O2/c28-22-5-3-4-20(18-22)9-8-19-10-12-21(13-11-19)26(34)31-14-16-32(17-15-31)27-29-24-7-2-1-6-23(24)25(33)30-27/h1-13,18H,14-17H2,(H,29,30,33)/b9-8+. The summed E-state index contributed by atoms with van der Waals surface area (Å²) < 4.78 is 13.3. The van der Waals surface area contributed by atoms with E-state index in [9.17, 15) is 14.0 Å². The van der Waals surface area contributed by atoms with Crippen LogP contribution in [0.5, 0.6) is 0 Å². The molecular weight excluding hydrogens is 431 g/mol. The number of nitrogens with zero attached hydrogens (tertiary/aromatic N) is 3. The SMILES string of the molecule is O=C(c1ccc(/C=C/c2cccc(F)c2)cc1)N1CCN(c2nc3ccccc3c(=O)[nH]2)CC1. The Morgan fingerprint density at radius 1 is 0.882 bits per heavy atom. The molecule has 7 heteroatoms. The molecule has 1 aromatic heterocycles. The zero-order chi connectivity index (χ0) is 23.5. The number of hydrogen-bond donors (Lipinski definition) is 1. The van der Waals surface area contributed by atoms with Crippen molar-refractivity contribution in [3.05, 3.63) is 106 Å². The molecule has 5 rings (SSSR count). The third-order valence-corrected chi connectivity index (χ3v) is 5.94. The topological polar surface area (TPSA) is 69.3 Å². The zero-order valence-electron chi connectivity index (χ0n) is 18.4. The number of piperazine rings is 1. The Morgan fingerprint density at radius 2 is 1.62 bits per heavy atom. The van der Waals surface area contributed by atoms with Gasteiger partial charge in [-0.25, -0.2) is 9.37 Å². The summed E-state index contributed by atoms with van der Waals surface area (Å²) in [6, 6.07) is 21.0. The minimum absolute atomic E-state index is 0.0275. The van der Waals surface area contributed by atoms with Crippen LogP contribution in [0.3, 0.4) is 0 Å². The molecule has 6 nitrogen and oxygen atoms in total. The quantitative estimate of drug-likeness (QED) is 0.470. The molecule has 3 aromatic carbocycles. The average molecular weight is 455 g/mol. The highest BCUT2D eigenvalue weighted by Crippen LogP contribution is 2.16. The number of amides is 1. The molecule has 0 unspecified atom stereocenters. The molecule has 1 N–H and O–H groups in total. The molecule has 0 saturated carbocycles. The number of hydrogen-bond acceptors (Lipinski definition) is 4. The predicted molar refractivity (Wildman–Crippen MR) is 132 cm³/mol. The van der Waals surface area contributed by atoms with Gasteiger partial charge in [0.25, 0.3) is 11.5 Å². The van der Waals surface area contributed by atoms with E-state index in [1.807, 2.05) is 70.5 Å². The Morgan fingerprint density at radius 3 is 2.38 bits per heavy atom. The Labute approximate surface area is 196 Å². The number of anilines is 1. The number of carbonyl (C=O) groups excluding carboxylic acids is 1. The van der Waals surface area contributed by atoms with Crippen LogP contribution in [-0.4, -0.2) is 47.0 Å². The lowest BCUT2D eigenvalue weighted by molar-refractivity contribution is 0.0746. The van der Waals surface area contributed by atoms with Crippen LogP contribution in [0.4, 0.5) is 10.3 Å². The van der Waals surface area contributed by atoms with Crippen LogP contribution in [0.25, 0.3) is 23.1 Å². The first-order chi connectivity index (χ1) is 16.6. The Bertz CT molecular complexity index is 1420. The van der Waals surface area contributed by atoms with Crippen molar-refractivity contribution >= 4 is 34.9 Å². The lowest BCUT2D eigenvalue weighted by atomic mass is 10.1. The summed E-state index contributed by atoms with van der Waals surface area (Å²) in [6.07, 6.45) is 3.73. The van der Waals surface area contributed by atoms with Crippen molar-refractivity contribution < 1.29 is 9.18 Å². The van der Waals surface area contributed by atoms with Gasteiger partial charge in [0.1, 0.15) is 5.82 Å². The van der Waals surface area contributed by atoms with Gasteiger partial charge in [0.05, 0.1) is 10.9 Å². The second-order valence-corrected chi connectivity index (χ2v) is 8.20.